The van der Waals surface area contributed by atoms with Crippen molar-refractivity contribution in [1.29, 1.82) is 0 Å². The molecular formula is C25H33N3O5. The van der Waals surface area contributed by atoms with Gasteiger partial charge in [-0.05, 0) is 61.4 Å². The molecule has 0 bridgehead atoms. The molecule has 2 aromatic rings. The maximum Gasteiger partial charge on any atom is 0.326 e. The van der Waals surface area contributed by atoms with E-state index in [-0.39, 0.29) is 5.91 Å². The Bertz CT molecular complexity index is 974. The molecule has 0 radical (unpaired) electrons. The number of aliphatic carboxylic acids is 2. The van der Waals surface area contributed by atoms with Crippen LogP contribution in [0.4, 0.5) is 0 Å². The summed E-state index contributed by atoms with van der Waals surface area (Å²) in [6.07, 6.45) is 3.67. The van der Waals surface area contributed by atoms with Crippen LogP contribution in [0.5, 0.6) is 0 Å². The molecule has 1 amide bonds. The molecule has 33 heavy (non-hydrogen) atoms. The van der Waals surface area contributed by atoms with Crippen LogP contribution < -0.4 is 11.1 Å². The molecule has 1 aliphatic rings. The number of unbranched alkanes of at least 4 members (excludes halogenated alkanes) is 1. The third-order valence-electron chi connectivity index (χ3n) is 6.35. The van der Waals surface area contributed by atoms with E-state index in [2.05, 4.69) is 5.32 Å². The first kappa shape index (κ1) is 24.7. The lowest BCUT2D eigenvalue weighted by Gasteiger charge is -2.29. The van der Waals surface area contributed by atoms with Gasteiger partial charge in [0.15, 0.2) is 0 Å². The number of hydrogen-bond acceptors (Lipinski definition) is 5. The van der Waals surface area contributed by atoms with Crippen molar-refractivity contribution in [3.8, 4) is 0 Å². The smallest absolute Gasteiger partial charge is 0.326 e. The first-order valence-electron chi connectivity index (χ1n) is 11.6. The van der Waals surface area contributed by atoms with E-state index in [0.29, 0.717) is 58.0 Å². The highest BCUT2D eigenvalue weighted by molar-refractivity contribution is 5.88. The van der Waals surface area contributed by atoms with E-state index in [1.54, 1.807) is 0 Å². The zero-order valence-electron chi connectivity index (χ0n) is 18.8. The van der Waals surface area contributed by atoms with Crippen LogP contribution in [0, 0.1) is 0 Å². The molecular weight excluding hydrogens is 422 g/mol. The SMILES string of the molecule is NCCCC[C@H](NC(CCc1cccc2ccccc12)C(=O)O)C(=O)N1CCC[C@H]1C(=O)O. The quantitative estimate of drug-likeness (QED) is 0.361. The van der Waals surface area contributed by atoms with Crippen LogP contribution in [0.1, 0.15) is 44.1 Å². The maximum absolute atomic E-state index is 13.2. The van der Waals surface area contributed by atoms with Gasteiger partial charge >= 0.3 is 11.9 Å². The van der Waals surface area contributed by atoms with Gasteiger partial charge in [-0.15, -0.1) is 0 Å². The summed E-state index contributed by atoms with van der Waals surface area (Å²) in [5, 5.41) is 24.6. The normalized spacial score (nSPS) is 17.7. The van der Waals surface area contributed by atoms with Gasteiger partial charge in [0.05, 0.1) is 6.04 Å². The number of nitrogens with one attached hydrogen (secondary N) is 1. The van der Waals surface area contributed by atoms with Crippen molar-refractivity contribution in [3.05, 3.63) is 48.0 Å². The van der Waals surface area contributed by atoms with Gasteiger partial charge in [0, 0.05) is 6.54 Å². The molecule has 0 spiro atoms. The van der Waals surface area contributed by atoms with E-state index < -0.39 is 30.1 Å². The van der Waals surface area contributed by atoms with Crippen LogP contribution in [-0.2, 0) is 20.8 Å². The van der Waals surface area contributed by atoms with Gasteiger partial charge in [-0.25, -0.2) is 4.79 Å². The summed E-state index contributed by atoms with van der Waals surface area (Å²) in [6.45, 7) is 0.852. The van der Waals surface area contributed by atoms with Crippen LogP contribution in [0.2, 0.25) is 0 Å². The van der Waals surface area contributed by atoms with Crippen molar-refractivity contribution in [3.63, 3.8) is 0 Å². The van der Waals surface area contributed by atoms with Gasteiger partial charge in [-0.3, -0.25) is 14.9 Å². The predicted molar refractivity (Wildman–Crippen MR) is 126 cm³/mol. The zero-order chi connectivity index (χ0) is 23.8. The molecule has 1 aliphatic heterocycles. The molecule has 0 aliphatic carbocycles. The third-order valence-corrected chi connectivity index (χ3v) is 6.35. The third kappa shape index (κ3) is 6.30. The summed E-state index contributed by atoms with van der Waals surface area (Å²) in [5.74, 6) is -2.39. The number of aryl methyl sites for hydroxylation is 1. The van der Waals surface area contributed by atoms with E-state index in [1.165, 1.54) is 4.90 Å². The van der Waals surface area contributed by atoms with Gasteiger partial charge in [-0.2, -0.15) is 0 Å². The molecule has 1 fully saturated rings. The van der Waals surface area contributed by atoms with Crippen molar-refractivity contribution in [2.45, 2.75) is 63.1 Å². The molecule has 8 heteroatoms. The Balaban J connectivity index is 1.74. The largest absolute Gasteiger partial charge is 0.480 e. The number of fused-ring (bicyclic) bond motifs is 1. The summed E-state index contributed by atoms with van der Waals surface area (Å²) >= 11 is 0. The standard InChI is InChI=1S/C25H33N3O5/c26-15-4-3-11-20(23(29)28-16-6-12-22(28)25(32)33)27-21(24(30)31)14-13-18-9-5-8-17-7-1-2-10-19(17)18/h1-2,5,7-10,20-22,27H,3-4,6,11-16,26H2,(H,30,31)(H,32,33)/t20-,21?,22-/m0/s1. The lowest BCUT2D eigenvalue weighted by Crippen LogP contribution is -2.54. The van der Waals surface area contributed by atoms with Crippen molar-refractivity contribution < 1.29 is 24.6 Å². The number of rotatable bonds is 12. The highest BCUT2D eigenvalue weighted by Gasteiger charge is 2.38. The minimum atomic E-state index is -1.02. The summed E-state index contributed by atoms with van der Waals surface area (Å²) < 4.78 is 0. The monoisotopic (exact) mass is 455 g/mol. The molecule has 3 atom stereocenters. The van der Waals surface area contributed by atoms with E-state index in [0.717, 1.165) is 16.3 Å². The second-order valence-electron chi connectivity index (χ2n) is 8.60. The lowest BCUT2D eigenvalue weighted by molar-refractivity contribution is -0.149. The number of carboxylic acid groups (broad SMARTS) is 2. The summed E-state index contributed by atoms with van der Waals surface area (Å²) in [6, 6.07) is 11.4. The fourth-order valence-electron chi connectivity index (χ4n) is 4.59. The number of carbonyl (C=O) groups excluding carboxylic acids is 1. The summed E-state index contributed by atoms with van der Waals surface area (Å²) in [4.78, 5) is 38.3. The number of amides is 1. The van der Waals surface area contributed by atoms with Crippen LogP contribution in [0.25, 0.3) is 10.8 Å². The number of hydrogen-bond donors (Lipinski definition) is 4. The Morgan fingerprint density at radius 2 is 1.79 bits per heavy atom. The van der Waals surface area contributed by atoms with Crippen molar-refractivity contribution in [1.82, 2.24) is 10.2 Å². The van der Waals surface area contributed by atoms with Gasteiger partial charge < -0.3 is 20.8 Å². The molecule has 3 rings (SSSR count). The highest BCUT2D eigenvalue weighted by Crippen LogP contribution is 2.22. The average molecular weight is 456 g/mol. The van der Waals surface area contributed by atoms with E-state index in [4.69, 9.17) is 5.73 Å². The Labute approximate surface area is 193 Å². The molecule has 1 unspecified atom stereocenters. The number of nitrogens with two attached hydrogens (primary N) is 1. The maximum atomic E-state index is 13.2. The number of carbonyl (C=O) groups is 3. The summed E-state index contributed by atoms with van der Waals surface area (Å²) in [7, 11) is 0. The highest BCUT2D eigenvalue weighted by atomic mass is 16.4. The molecule has 8 nitrogen and oxygen atoms in total. The van der Waals surface area contributed by atoms with E-state index in [9.17, 15) is 24.6 Å². The van der Waals surface area contributed by atoms with E-state index in [1.807, 2.05) is 42.5 Å². The predicted octanol–water partition coefficient (Wildman–Crippen LogP) is 2.39. The Morgan fingerprint density at radius 1 is 1.03 bits per heavy atom. The zero-order valence-corrected chi connectivity index (χ0v) is 18.8. The number of likely N-dealkylation sites (tertiary alicyclic amines) is 1. The Hall–Kier alpha value is -2.97. The Morgan fingerprint density at radius 3 is 2.52 bits per heavy atom. The molecule has 0 aromatic heterocycles. The molecule has 5 N–H and O–H groups in total. The van der Waals surface area contributed by atoms with E-state index >= 15 is 0 Å². The first-order valence-corrected chi connectivity index (χ1v) is 11.6. The minimum absolute atomic E-state index is 0.312. The van der Waals surface area contributed by atoms with Crippen LogP contribution in [-0.4, -0.2) is 64.2 Å². The minimum Gasteiger partial charge on any atom is -0.480 e. The van der Waals surface area contributed by atoms with Crippen molar-refractivity contribution in [2.75, 3.05) is 13.1 Å². The number of benzene rings is 2. The summed E-state index contributed by atoms with van der Waals surface area (Å²) in [5.41, 5.74) is 6.65. The van der Waals surface area contributed by atoms with Gasteiger partial charge in [0.25, 0.3) is 0 Å². The van der Waals surface area contributed by atoms with Gasteiger partial charge in [-0.1, -0.05) is 48.9 Å². The van der Waals surface area contributed by atoms with Crippen molar-refractivity contribution in [2.24, 2.45) is 5.73 Å². The molecule has 178 valence electrons. The number of nitrogens with zero attached hydrogens (tertiary/aromatic N) is 1. The van der Waals surface area contributed by atoms with Crippen LogP contribution >= 0.6 is 0 Å². The molecule has 1 heterocycles. The van der Waals surface area contributed by atoms with Crippen molar-refractivity contribution >= 4 is 28.6 Å². The Kier molecular flexibility index (Phi) is 8.79. The average Bonchev–Trinajstić information content (AvgIpc) is 3.30. The lowest BCUT2D eigenvalue weighted by atomic mass is 9.98. The fraction of sp³-hybridized carbons (Fsp3) is 0.480. The number of carboxylic acids is 2. The topological polar surface area (TPSA) is 133 Å². The second kappa shape index (κ2) is 11.8. The first-order chi connectivity index (χ1) is 15.9. The van der Waals surface area contributed by atoms with Gasteiger partial charge in [0.1, 0.15) is 12.1 Å². The van der Waals surface area contributed by atoms with Gasteiger partial charge in [0.2, 0.25) is 5.91 Å². The molecule has 2 aromatic carbocycles. The second-order valence-corrected chi connectivity index (χ2v) is 8.60. The van der Waals surface area contributed by atoms with Crippen LogP contribution in [0.3, 0.4) is 0 Å². The van der Waals surface area contributed by atoms with Crippen LogP contribution in [0.15, 0.2) is 42.5 Å². The molecule has 1 saturated heterocycles. The molecule has 0 saturated carbocycles. The fourth-order valence-corrected chi connectivity index (χ4v) is 4.59.